The van der Waals surface area contributed by atoms with Crippen LogP contribution in [0.15, 0.2) is 27.7 Å². The molecule has 0 aromatic heterocycles. The van der Waals surface area contributed by atoms with Crippen LogP contribution in [-0.4, -0.2) is 43.1 Å². The molecule has 6 heteroatoms. The van der Waals surface area contributed by atoms with Gasteiger partial charge in [0.05, 0.1) is 4.47 Å². The minimum absolute atomic E-state index is 0.236. The van der Waals surface area contributed by atoms with Crippen molar-refractivity contribution in [2.24, 2.45) is 4.99 Å². The molecule has 1 heterocycles. The van der Waals surface area contributed by atoms with Crippen LogP contribution in [0, 0.1) is 5.82 Å². The summed E-state index contributed by atoms with van der Waals surface area (Å²) in [7, 11) is 1.77. The third kappa shape index (κ3) is 4.67. The average Bonchev–Trinajstić information content (AvgIpc) is 3.40. The number of halogens is 2. The molecular weight excluding hydrogens is 359 g/mol. The highest BCUT2D eigenvalue weighted by atomic mass is 79.9. The fourth-order valence-electron chi connectivity index (χ4n) is 3.07. The Balaban J connectivity index is 1.45. The van der Waals surface area contributed by atoms with Gasteiger partial charge in [-0.25, -0.2) is 4.39 Å². The Morgan fingerprint density at radius 1 is 1.30 bits per heavy atom. The normalized spacial score (nSPS) is 20.6. The average molecular weight is 383 g/mol. The van der Waals surface area contributed by atoms with Gasteiger partial charge in [-0.3, -0.25) is 4.99 Å². The minimum atomic E-state index is -0.236. The summed E-state index contributed by atoms with van der Waals surface area (Å²) >= 11 is 3.17. The smallest absolute Gasteiger partial charge is 0.191 e. The van der Waals surface area contributed by atoms with Crippen molar-refractivity contribution in [1.82, 2.24) is 15.5 Å². The molecule has 4 nitrogen and oxygen atoms in total. The molecule has 0 amide bonds. The summed E-state index contributed by atoms with van der Waals surface area (Å²) < 4.78 is 14.0. The van der Waals surface area contributed by atoms with Gasteiger partial charge < -0.3 is 15.5 Å². The molecule has 1 saturated heterocycles. The maximum Gasteiger partial charge on any atom is 0.191 e. The minimum Gasteiger partial charge on any atom is -0.354 e. The van der Waals surface area contributed by atoms with E-state index in [0.717, 1.165) is 30.4 Å². The van der Waals surface area contributed by atoms with Gasteiger partial charge in [0.2, 0.25) is 0 Å². The van der Waals surface area contributed by atoms with Gasteiger partial charge in [0.1, 0.15) is 5.82 Å². The summed E-state index contributed by atoms with van der Waals surface area (Å²) in [6, 6.07) is 6.51. The zero-order chi connectivity index (χ0) is 16.2. The first kappa shape index (κ1) is 16.7. The Kier molecular flexibility index (Phi) is 5.54. The van der Waals surface area contributed by atoms with Crippen LogP contribution in [-0.2, 0) is 6.54 Å². The van der Waals surface area contributed by atoms with Gasteiger partial charge in [-0.05, 0) is 59.3 Å². The third-order valence-electron chi connectivity index (χ3n) is 4.60. The summed E-state index contributed by atoms with van der Waals surface area (Å²) in [4.78, 5) is 6.89. The molecule has 3 rings (SSSR count). The SMILES string of the molecule is CN=C(NCc1ccc(Br)c(F)c1)NC1CCN(C2CC2)CC1. The van der Waals surface area contributed by atoms with E-state index >= 15 is 0 Å². The number of piperidine rings is 1. The van der Waals surface area contributed by atoms with Crippen LogP contribution in [0.1, 0.15) is 31.2 Å². The van der Waals surface area contributed by atoms with Crippen LogP contribution < -0.4 is 10.6 Å². The van der Waals surface area contributed by atoms with Crippen molar-refractivity contribution in [2.45, 2.75) is 44.3 Å². The van der Waals surface area contributed by atoms with Gasteiger partial charge in [-0.1, -0.05) is 6.07 Å². The highest BCUT2D eigenvalue weighted by Gasteiger charge is 2.31. The molecule has 1 aromatic rings. The van der Waals surface area contributed by atoms with E-state index in [9.17, 15) is 4.39 Å². The molecule has 2 fully saturated rings. The highest BCUT2D eigenvalue weighted by molar-refractivity contribution is 9.10. The molecule has 0 radical (unpaired) electrons. The van der Waals surface area contributed by atoms with Crippen LogP contribution in [0.25, 0.3) is 0 Å². The van der Waals surface area contributed by atoms with Gasteiger partial charge in [0, 0.05) is 38.8 Å². The predicted molar refractivity (Wildman–Crippen MR) is 95.1 cm³/mol. The summed E-state index contributed by atoms with van der Waals surface area (Å²) in [5.41, 5.74) is 0.900. The van der Waals surface area contributed by atoms with Crippen LogP contribution in [0.4, 0.5) is 4.39 Å². The molecule has 0 unspecified atom stereocenters. The lowest BCUT2D eigenvalue weighted by molar-refractivity contribution is 0.197. The zero-order valence-corrected chi connectivity index (χ0v) is 15.1. The molecule has 0 bridgehead atoms. The monoisotopic (exact) mass is 382 g/mol. The number of guanidine groups is 1. The van der Waals surface area contributed by atoms with Crippen molar-refractivity contribution >= 4 is 21.9 Å². The maximum atomic E-state index is 13.5. The standard InChI is InChI=1S/C17H24BrFN4/c1-20-17(21-11-12-2-5-15(18)16(19)10-12)22-13-6-8-23(9-7-13)14-3-4-14/h2,5,10,13-14H,3-4,6-9,11H2,1H3,(H2,20,21,22). The number of rotatable bonds is 4. The first-order valence-electron chi connectivity index (χ1n) is 8.31. The molecule has 2 N–H and O–H groups in total. The van der Waals surface area contributed by atoms with E-state index in [2.05, 4.69) is 36.5 Å². The van der Waals surface area contributed by atoms with E-state index in [0.29, 0.717) is 17.1 Å². The Labute approximate surface area is 145 Å². The van der Waals surface area contributed by atoms with Crippen molar-refractivity contribution in [3.05, 3.63) is 34.1 Å². The summed E-state index contributed by atoms with van der Waals surface area (Å²) in [5.74, 6) is 0.554. The molecule has 1 aliphatic carbocycles. The molecule has 1 aliphatic heterocycles. The molecule has 23 heavy (non-hydrogen) atoms. The Bertz CT molecular complexity index is 566. The number of nitrogens with one attached hydrogen (secondary N) is 2. The lowest BCUT2D eigenvalue weighted by atomic mass is 10.1. The number of benzene rings is 1. The molecule has 0 spiro atoms. The number of likely N-dealkylation sites (tertiary alicyclic amines) is 1. The quantitative estimate of drug-likeness (QED) is 0.621. The van der Waals surface area contributed by atoms with E-state index in [1.807, 2.05) is 6.07 Å². The van der Waals surface area contributed by atoms with Crippen molar-refractivity contribution in [1.29, 1.82) is 0 Å². The first-order chi connectivity index (χ1) is 11.2. The van der Waals surface area contributed by atoms with Crippen molar-refractivity contribution in [2.75, 3.05) is 20.1 Å². The van der Waals surface area contributed by atoms with Crippen LogP contribution in [0.2, 0.25) is 0 Å². The Hall–Kier alpha value is -1.14. The van der Waals surface area contributed by atoms with Crippen LogP contribution in [0.5, 0.6) is 0 Å². The first-order valence-corrected chi connectivity index (χ1v) is 9.10. The van der Waals surface area contributed by atoms with Crippen LogP contribution in [0.3, 0.4) is 0 Å². The van der Waals surface area contributed by atoms with Crippen molar-refractivity contribution in [3.8, 4) is 0 Å². The van der Waals surface area contributed by atoms with E-state index in [1.165, 1.54) is 25.9 Å². The molecule has 2 aliphatic rings. The Morgan fingerprint density at radius 3 is 2.65 bits per heavy atom. The van der Waals surface area contributed by atoms with E-state index in [1.54, 1.807) is 19.2 Å². The number of hydrogen-bond acceptors (Lipinski definition) is 2. The topological polar surface area (TPSA) is 39.7 Å². The third-order valence-corrected chi connectivity index (χ3v) is 5.24. The second kappa shape index (κ2) is 7.62. The molecule has 0 atom stereocenters. The summed E-state index contributed by atoms with van der Waals surface area (Å²) in [6.45, 7) is 2.92. The molecule has 126 valence electrons. The maximum absolute atomic E-state index is 13.5. The van der Waals surface area contributed by atoms with Crippen molar-refractivity contribution in [3.63, 3.8) is 0 Å². The van der Waals surface area contributed by atoms with E-state index < -0.39 is 0 Å². The second-order valence-electron chi connectivity index (χ2n) is 6.36. The summed E-state index contributed by atoms with van der Waals surface area (Å²) in [5, 5.41) is 6.76. The zero-order valence-electron chi connectivity index (χ0n) is 13.5. The number of aliphatic imine (C=N–C) groups is 1. The lowest BCUT2D eigenvalue weighted by Gasteiger charge is -2.33. The number of hydrogen-bond donors (Lipinski definition) is 2. The van der Waals surface area contributed by atoms with Crippen LogP contribution >= 0.6 is 15.9 Å². The van der Waals surface area contributed by atoms with E-state index in [4.69, 9.17) is 0 Å². The van der Waals surface area contributed by atoms with Gasteiger partial charge in [0.15, 0.2) is 5.96 Å². The lowest BCUT2D eigenvalue weighted by Crippen LogP contribution is -2.48. The van der Waals surface area contributed by atoms with Gasteiger partial charge in [-0.15, -0.1) is 0 Å². The van der Waals surface area contributed by atoms with Gasteiger partial charge in [-0.2, -0.15) is 0 Å². The van der Waals surface area contributed by atoms with Crippen molar-refractivity contribution < 1.29 is 4.39 Å². The Morgan fingerprint density at radius 2 is 2.04 bits per heavy atom. The second-order valence-corrected chi connectivity index (χ2v) is 7.21. The fourth-order valence-corrected chi connectivity index (χ4v) is 3.32. The van der Waals surface area contributed by atoms with Gasteiger partial charge >= 0.3 is 0 Å². The predicted octanol–water partition coefficient (Wildman–Crippen LogP) is 2.88. The summed E-state index contributed by atoms with van der Waals surface area (Å²) in [6.07, 6.45) is 5.07. The largest absolute Gasteiger partial charge is 0.354 e. The van der Waals surface area contributed by atoms with E-state index in [-0.39, 0.29) is 5.82 Å². The molecular formula is C17H24BrFN4. The molecule has 1 aromatic carbocycles. The highest BCUT2D eigenvalue weighted by Crippen LogP contribution is 2.29. The van der Waals surface area contributed by atoms with Gasteiger partial charge in [0.25, 0.3) is 0 Å². The molecule has 1 saturated carbocycles. The number of nitrogens with zero attached hydrogens (tertiary/aromatic N) is 2. The fraction of sp³-hybridized carbons (Fsp3) is 0.588.